The van der Waals surface area contributed by atoms with Gasteiger partial charge in [0.15, 0.2) is 5.96 Å². The van der Waals surface area contributed by atoms with Gasteiger partial charge in [0.25, 0.3) is 0 Å². The molecule has 0 aliphatic rings. The second-order valence-corrected chi connectivity index (χ2v) is 7.14. The summed E-state index contributed by atoms with van der Waals surface area (Å²) in [5.41, 5.74) is 3.31. The number of rotatable bonds is 5. The zero-order chi connectivity index (χ0) is 16.9. The molecule has 0 fully saturated rings. The minimum atomic E-state index is 0.797. The number of aliphatic imine (C=N–C) groups is 1. The van der Waals surface area contributed by atoms with Crippen LogP contribution >= 0.6 is 11.3 Å². The second kappa shape index (κ2) is 7.49. The number of nitrogens with one attached hydrogen (secondary N) is 2. The largest absolute Gasteiger partial charge is 0.356 e. The van der Waals surface area contributed by atoms with Gasteiger partial charge in [-0.25, -0.2) is 4.98 Å². The molecule has 3 aromatic heterocycles. The molecule has 0 aromatic carbocycles. The average molecular weight is 341 g/mol. The van der Waals surface area contributed by atoms with Crippen LogP contribution in [0.3, 0.4) is 0 Å². The molecule has 0 unspecified atom stereocenters. The van der Waals surface area contributed by atoms with Crippen LogP contribution in [0.5, 0.6) is 0 Å². The molecule has 0 spiro atoms. The average Bonchev–Trinajstić information content (AvgIpc) is 3.17. The van der Waals surface area contributed by atoms with Gasteiger partial charge in [0.05, 0.1) is 12.2 Å². The van der Waals surface area contributed by atoms with Crippen LogP contribution in [0.4, 0.5) is 0 Å². The number of aryl methyl sites for hydroxylation is 2. The number of imidazole rings is 1. The molecule has 3 rings (SSSR count). The fourth-order valence-corrected chi connectivity index (χ4v) is 3.44. The number of thiophene rings is 1. The van der Waals surface area contributed by atoms with Crippen LogP contribution in [-0.4, -0.2) is 28.9 Å². The van der Waals surface area contributed by atoms with E-state index < -0.39 is 0 Å². The lowest BCUT2D eigenvalue weighted by atomic mass is 10.3. The molecule has 0 radical (unpaired) electrons. The molecule has 0 saturated heterocycles. The smallest absolute Gasteiger partial charge is 0.191 e. The predicted molar refractivity (Wildman–Crippen MR) is 101 cm³/mol. The second-order valence-electron chi connectivity index (χ2n) is 5.77. The summed E-state index contributed by atoms with van der Waals surface area (Å²) in [6.07, 6.45) is 4.99. The number of pyridine rings is 1. The summed E-state index contributed by atoms with van der Waals surface area (Å²) in [6, 6.07) is 8.43. The van der Waals surface area contributed by atoms with Crippen LogP contribution in [0.2, 0.25) is 0 Å². The Hall–Kier alpha value is -2.34. The van der Waals surface area contributed by atoms with Gasteiger partial charge < -0.3 is 15.0 Å². The first-order chi connectivity index (χ1) is 11.7. The maximum Gasteiger partial charge on any atom is 0.191 e. The van der Waals surface area contributed by atoms with Gasteiger partial charge in [0, 0.05) is 42.2 Å². The Kier molecular flexibility index (Phi) is 5.15. The molecular formula is C18H23N5S. The molecule has 0 amide bonds. The van der Waals surface area contributed by atoms with E-state index in [9.17, 15) is 0 Å². The lowest BCUT2D eigenvalue weighted by molar-refractivity contribution is 0.791. The zero-order valence-electron chi connectivity index (χ0n) is 14.3. The summed E-state index contributed by atoms with van der Waals surface area (Å²) < 4.78 is 2.08. The van der Waals surface area contributed by atoms with Gasteiger partial charge in [-0.1, -0.05) is 6.07 Å². The molecule has 24 heavy (non-hydrogen) atoms. The van der Waals surface area contributed by atoms with Gasteiger partial charge in [0.2, 0.25) is 0 Å². The van der Waals surface area contributed by atoms with Crippen LogP contribution in [0.25, 0.3) is 5.65 Å². The van der Waals surface area contributed by atoms with Crippen molar-refractivity contribution in [2.45, 2.75) is 26.8 Å². The first kappa shape index (κ1) is 16.5. The molecular weight excluding hydrogens is 318 g/mol. The highest BCUT2D eigenvalue weighted by Gasteiger charge is 2.04. The fraction of sp³-hybridized carbons (Fsp3) is 0.333. The van der Waals surface area contributed by atoms with Gasteiger partial charge in [0.1, 0.15) is 5.65 Å². The van der Waals surface area contributed by atoms with Crippen molar-refractivity contribution in [3.05, 3.63) is 57.7 Å². The Balaban J connectivity index is 1.51. The molecule has 0 aliphatic carbocycles. The molecule has 6 heteroatoms. The van der Waals surface area contributed by atoms with E-state index in [0.717, 1.165) is 36.8 Å². The third kappa shape index (κ3) is 3.94. The number of nitrogens with zero attached hydrogens (tertiary/aromatic N) is 3. The third-order valence-electron chi connectivity index (χ3n) is 3.85. The van der Waals surface area contributed by atoms with Crippen LogP contribution < -0.4 is 10.6 Å². The zero-order valence-corrected chi connectivity index (χ0v) is 15.2. The van der Waals surface area contributed by atoms with Crippen molar-refractivity contribution >= 4 is 22.9 Å². The van der Waals surface area contributed by atoms with Gasteiger partial charge >= 0.3 is 0 Å². The molecule has 5 nitrogen and oxygen atoms in total. The van der Waals surface area contributed by atoms with E-state index in [1.165, 1.54) is 15.3 Å². The lowest BCUT2D eigenvalue weighted by Crippen LogP contribution is -2.37. The van der Waals surface area contributed by atoms with Gasteiger partial charge in [-0.2, -0.15) is 0 Å². The summed E-state index contributed by atoms with van der Waals surface area (Å²) in [5, 5.41) is 6.69. The van der Waals surface area contributed by atoms with Crippen LogP contribution in [0, 0.1) is 13.8 Å². The van der Waals surface area contributed by atoms with Crippen molar-refractivity contribution in [2.24, 2.45) is 4.99 Å². The number of hydrogen-bond donors (Lipinski definition) is 2. The summed E-state index contributed by atoms with van der Waals surface area (Å²) in [5.74, 6) is 0.820. The number of fused-ring (bicyclic) bond motifs is 1. The molecule has 2 N–H and O–H groups in total. The number of aromatic nitrogens is 2. The van der Waals surface area contributed by atoms with Crippen LogP contribution in [-0.2, 0) is 13.0 Å². The van der Waals surface area contributed by atoms with E-state index in [1.54, 1.807) is 18.4 Å². The lowest BCUT2D eigenvalue weighted by Gasteiger charge is -2.10. The molecule has 3 aromatic rings. The van der Waals surface area contributed by atoms with Gasteiger partial charge in [-0.15, -0.1) is 11.3 Å². The van der Waals surface area contributed by atoms with Gasteiger partial charge in [-0.3, -0.25) is 4.99 Å². The summed E-state index contributed by atoms with van der Waals surface area (Å²) in [4.78, 5) is 11.6. The first-order valence-corrected chi connectivity index (χ1v) is 8.90. The topological polar surface area (TPSA) is 53.7 Å². The molecule has 0 bridgehead atoms. The van der Waals surface area contributed by atoms with E-state index in [-0.39, 0.29) is 0 Å². The van der Waals surface area contributed by atoms with E-state index in [4.69, 9.17) is 4.98 Å². The van der Waals surface area contributed by atoms with Crippen molar-refractivity contribution in [2.75, 3.05) is 13.6 Å². The van der Waals surface area contributed by atoms with Crippen molar-refractivity contribution < 1.29 is 0 Å². The predicted octanol–water partition coefficient (Wildman–Crippen LogP) is 2.92. The van der Waals surface area contributed by atoms with Crippen LogP contribution in [0.1, 0.15) is 21.0 Å². The number of guanidine groups is 1. The third-order valence-corrected chi connectivity index (χ3v) is 4.85. The first-order valence-electron chi connectivity index (χ1n) is 8.09. The highest BCUT2D eigenvalue weighted by atomic mass is 32.1. The SMILES string of the molecule is CN=C(NCCc1cn2cccc(C)c2n1)NCc1ccc(C)s1. The quantitative estimate of drug-likeness (QED) is 0.554. The normalized spacial score (nSPS) is 11.9. The van der Waals surface area contributed by atoms with E-state index in [2.05, 4.69) is 58.3 Å². The van der Waals surface area contributed by atoms with Crippen molar-refractivity contribution in [3.63, 3.8) is 0 Å². The van der Waals surface area contributed by atoms with E-state index >= 15 is 0 Å². The maximum absolute atomic E-state index is 4.70. The Bertz CT molecular complexity index is 846. The van der Waals surface area contributed by atoms with Gasteiger partial charge in [-0.05, 0) is 37.6 Å². The Morgan fingerprint density at radius 1 is 1.25 bits per heavy atom. The van der Waals surface area contributed by atoms with Crippen molar-refractivity contribution in [1.29, 1.82) is 0 Å². The molecule has 3 heterocycles. The van der Waals surface area contributed by atoms with Crippen molar-refractivity contribution in [1.82, 2.24) is 20.0 Å². The monoisotopic (exact) mass is 341 g/mol. The number of hydrogen-bond acceptors (Lipinski definition) is 3. The van der Waals surface area contributed by atoms with Crippen molar-refractivity contribution in [3.8, 4) is 0 Å². The molecule has 126 valence electrons. The summed E-state index contributed by atoms with van der Waals surface area (Å²) in [6.45, 7) is 5.80. The minimum Gasteiger partial charge on any atom is -0.356 e. The summed E-state index contributed by atoms with van der Waals surface area (Å²) in [7, 11) is 1.79. The standard InChI is InChI=1S/C18H23N5S/c1-13-5-4-10-23-12-15(22-17(13)23)8-9-20-18(19-3)21-11-16-7-6-14(2)24-16/h4-7,10,12H,8-9,11H2,1-3H3,(H2,19,20,21). The Labute approximate surface area is 146 Å². The van der Waals surface area contributed by atoms with E-state index in [1.807, 2.05) is 12.3 Å². The molecule has 0 saturated carbocycles. The highest BCUT2D eigenvalue weighted by molar-refractivity contribution is 7.11. The fourth-order valence-electron chi connectivity index (χ4n) is 2.61. The Morgan fingerprint density at radius 3 is 2.83 bits per heavy atom. The van der Waals surface area contributed by atoms with E-state index in [0.29, 0.717) is 0 Å². The highest BCUT2D eigenvalue weighted by Crippen LogP contribution is 2.14. The maximum atomic E-state index is 4.70. The molecule has 0 aliphatic heterocycles. The minimum absolute atomic E-state index is 0.797. The van der Waals surface area contributed by atoms with Crippen LogP contribution in [0.15, 0.2) is 41.7 Å². The molecule has 0 atom stereocenters. The summed E-state index contributed by atoms with van der Waals surface area (Å²) >= 11 is 1.81. The Morgan fingerprint density at radius 2 is 2.12 bits per heavy atom.